The van der Waals surface area contributed by atoms with Crippen molar-refractivity contribution in [3.8, 4) is 11.5 Å². The van der Waals surface area contributed by atoms with E-state index in [4.69, 9.17) is 55.9 Å². The number of halogens is 4. The Hall–Kier alpha value is -1.06. The van der Waals surface area contributed by atoms with Gasteiger partial charge in [0, 0.05) is 0 Å². The zero-order valence-electron chi connectivity index (χ0n) is 11.4. The highest BCUT2D eigenvalue weighted by atomic mass is 35.5. The van der Waals surface area contributed by atoms with E-state index in [2.05, 4.69) is 0 Å². The summed E-state index contributed by atoms with van der Waals surface area (Å²) in [4.78, 5) is 0. The van der Waals surface area contributed by atoms with E-state index in [0.29, 0.717) is 13.2 Å². The second-order valence-electron chi connectivity index (χ2n) is 4.28. The number of rotatable bonds is 6. The van der Waals surface area contributed by atoms with Crippen LogP contribution in [0.3, 0.4) is 0 Å². The summed E-state index contributed by atoms with van der Waals surface area (Å²) in [6, 6.07) is 11.5. The molecule has 0 radical (unpaired) electrons. The van der Waals surface area contributed by atoms with Gasteiger partial charge in [-0.25, -0.2) is 0 Å². The van der Waals surface area contributed by atoms with Crippen molar-refractivity contribution in [3.05, 3.63) is 57.5 Å². The van der Waals surface area contributed by atoms with Crippen LogP contribution in [0.15, 0.2) is 57.5 Å². The van der Waals surface area contributed by atoms with Crippen LogP contribution in [0.2, 0.25) is 0 Å². The monoisotopic (exact) mass is 376 g/mol. The molecule has 0 saturated heterocycles. The number of hydrogen-bond donors (Lipinski definition) is 0. The highest BCUT2D eigenvalue weighted by Crippen LogP contribution is 2.25. The summed E-state index contributed by atoms with van der Waals surface area (Å²) in [5.41, 5.74) is 0. The van der Waals surface area contributed by atoms with Gasteiger partial charge in [-0.2, -0.15) is 0 Å². The van der Waals surface area contributed by atoms with E-state index >= 15 is 0 Å². The SMILES string of the molecule is ClC(Cl)=CCOc1ccc2ccc(OCC=C(Cl)Cl)cc2c1. The van der Waals surface area contributed by atoms with Crippen molar-refractivity contribution in [3.63, 3.8) is 0 Å². The Balaban J connectivity index is 2.12. The van der Waals surface area contributed by atoms with Gasteiger partial charge in [-0.15, -0.1) is 0 Å². The van der Waals surface area contributed by atoms with E-state index in [9.17, 15) is 0 Å². The van der Waals surface area contributed by atoms with Crippen molar-refractivity contribution in [2.24, 2.45) is 0 Å². The van der Waals surface area contributed by atoms with E-state index in [1.54, 1.807) is 12.2 Å². The third-order valence-corrected chi connectivity index (χ3v) is 3.38. The van der Waals surface area contributed by atoms with Crippen molar-refractivity contribution in [2.75, 3.05) is 13.2 Å². The van der Waals surface area contributed by atoms with Crippen molar-refractivity contribution in [1.82, 2.24) is 0 Å². The summed E-state index contributed by atoms with van der Waals surface area (Å²) in [7, 11) is 0. The predicted molar refractivity (Wildman–Crippen MR) is 94.5 cm³/mol. The van der Waals surface area contributed by atoms with Gasteiger partial charge in [-0.1, -0.05) is 58.5 Å². The fourth-order valence-corrected chi connectivity index (χ4v) is 2.04. The summed E-state index contributed by atoms with van der Waals surface area (Å²) >= 11 is 22.1. The first-order valence-electron chi connectivity index (χ1n) is 6.36. The van der Waals surface area contributed by atoms with Gasteiger partial charge >= 0.3 is 0 Å². The molecule has 116 valence electrons. The summed E-state index contributed by atoms with van der Waals surface area (Å²) in [6.45, 7) is 0.617. The minimum absolute atomic E-state index is 0.183. The van der Waals surface area contributed by atoms with E-state index in [-0.39, 0.29) is 8.98 Å². The normalized spacial score (nSPS) is 10.2. The zero-order chi connectivity index (χ0) is 15.9. The molecule has 0 saturated carbocycles. The highest BCUT2D eigenvalue weighted by Gasteiger charge is 2.00. The quantitative estimate of drug-likeness (QED) is 0.593. The molecule has 0 bridgehead atoms. The molecule has 2 rings (SSSR count). The van der Waals surface area contributed by atoms with Crippen molar-refractivity contribution in [2.45, 2.75) is 0 Å². The lowest BCUT2D eigenvalue weighted by Gasteiger charge is -2.07. The average molecular weight is 378 g/mol. The summed E-state index contributed by atoms with van der Waals surface area (Å²) in [5, 5.41) is 2.08. The molecular weight excluding hydrogens is 366 g/mol. The predicted octanol–water partition coefficient (Wildman–Crippen LogP) is 6.24. The molecule has 2 aromatic carbocycles. The molecule has 0 aliphatic rings. The van der Waals surface area contributed by atoms with Crippen molar-refractivity contribution < 1.29 is 9.47 Å². The van der Waals surface area contributed by atoms with Crippen LogP contribution in [0.4, 0.5) is 0 Å². The molecule has 0 spiro atoms. The summed E-state index contributed by atoms with van der Waals surface area (Å²) in [6.07, 6.45) is 3.16. The average Bonchev–Trinajstić information content (AvgIpc) is 2.46. The third-order valence-electron chi connectivity index (χ3n) is 2.76. The fraction of sp³-hybridized carbons (Fsp3) is 0.125. The van der Waals surface area contributed by atoms with Gasteiger partial charge in [0.05, 0.1) is 0 Å². The molecule has 0 amide bonds. The number of hydrogen-bond acceptors (Lipinski definition) is 2. The first-order valence-corrected chi connectivity index (χ1v) is 7.87. The molecule has 6 heteroatoms. The van der Waals surface area contributed by atoms with Gasteiger partial charge in [0.1, 0.15) is 33.7 Å². The topological polar surface area (TPSA) is 18.5 Å². The van der Waals surface area contributed by atoms with E-state index in [1.807, 2.05) is 36.4 Å². The van der Waals surface area contributed by atoms with Gasteiger partial charge in [0.25, 0.3) is 0 Å². The molecule has 0 unspecified atom stereocenters. The first kappa shape index (κ1) is 17.3. The van der Waals surface area contributed by atoms with Crippen molar-refractivity contribution in [1.29, 1.82) is 0 Å². The lowest BCUT2D eigenvalue weighted by atomic mass is 10.1. The smallest absolute Gasteiger partial charge is 0.120 e. The fourth-order valence-electron chi connectivity index (χ4n) is 1.78. The minimum Gasteiger partial charge on any atom is -0.489 e. The Morgan fingerprint density at radius 2 is 1.18 bits per heavy atom. The molecule has 0 aromatic heterocycles. The maximum atomic E-state index is 5.55. The molecule has 0 aliphatic heterocycles. The minimum atomic E-state index is 0.183. The molecule has 0 heterocycles. The lowest BCUT2D eigenvalue weighted by Crippen LogP contribution is -1.94. The van der Waals surface area contributed by atoms with Crippen LogP contribution in [0.5, 0.6) is 11.5 Å². The Morgan fingerprint density at radius 1 is 0.727 bits per heavy atom. The zero-order valence-corrected chi connectivity index (χ0v) is 14.4. The maximum absolute atomic E-state index is 5.55. The maximum Gasteiger partial charge on any atom is 0.120 e. The second kappa shape index (κ2) is 8.54. The molecule has 0 atom stereocenters. The Labute approximate surface area is 148 Å². The molecule has 22 heavy (non-hydrogen) atoms. The van der Waals surface area contributed by atoms with Gasteiger partial charge in [0.15, 0.2) is 0 Å². The number of benzene rings is 2. The van der Waals surface area contributed by atoms with E-state index in [1.165, 1.54) is 0 Å². The van der Waals surface area contributed by atoms with E-state index in [0.717, 1.165) is 22.3 Å². The first-order chi connectivity index (χ1) is 10.5. The summed E-state index contributed by atoms with van der Waals surface area (Å²) < 4.78 is 11.5. The molecule has 0 aliphatic carbocycles. The van der Waals surface area contributed by atoms with Gasteiger partial charge in [0.2, 0.25) is 0 Å². The summed E-state index contributed by atoms with van der Waals surface area (Å²) in [5.74, 6) is 1.44. The van der Waals surface area contributed by atoms with Crippen LogP contribution >= 0.6 is 46.4 Å². The van der Waals surface area contributed by atoms with Gasteiger partial charge < -0.3 is 9.47 Å². The number of ether oxygens (including phenoxy) is 2. The van der Waals surface area contributed by atoms with Crippen LogP contribution in [0.25, 0.3) is 10.8 Å². The number of fused-ring (bicyclic) bond motifs is 1. The van der Waals surface area contributed by atoms with Crippen LogP contribution in [0, 0.1) is 0 Å². The molecule has 2 aromatic rings. The van der Waals surface area contributed by atoms with Crippen LogP contribution in [-0.4, -0.2) is 13.2 Å². The van der Waals surface area contributed by atoms with Crippen LogP contribution in [0.1, 0.15) is 0 Å². The van der Waals surface area contributed by atoms with E-state index < -0.39 is 0 Å². The Bertz CT molecular complexity index is 646. The molecule has 0 fully saturated rings. The van der Waals surface area contributed by atoms with Gasteiger partial charge in [-0.3, -0.25) is 0 Å². The van der Waals surface area contributed by atoms with Crippen LogP contribution < -0.4 is 9.47 Å². The third kappa shape index (κ3) is 5.62. The lowest BCUT2D eigenvalue weighted by molar-refractivity contribution is 0.362. The highest BCUT2D eigenvalue weighted by molar-refractivity contribution is 6.56. The van der Waals surface area contributed by atoms with Gasteiger partial charge in [-0.05, 0) is 47.2 Å². The molecule has 2 nitrogen and oxygen atoms in total. The largest absolute Gasteiger partial charge is 0.489 e. The van der Waals surface area contributed by atoms with Crippen molar-refractivity contribution >= 4 is 57.2 Å². The van der Waals surface area contributed by atoms with Crippen LogP contribution in [-0.2, 0) is 0 Å². The Morgan fingerprint density at radius 3 is 1.59 bits per heavy atom. The molecule has 0 N–H and O–H groups in total. The second-order valence-corrected chi connectivity index (χ2v) is 6.30. The molecular formula is C16H12Cl4O2. The Kier molecular flexibility index (Phi) is 6.71. The standard InChI is InChI=1S/C16H12Cl4O2/c17-15(18)5-7-21-13-3-1-11-2-4-14(10-12(11)9-13)22-8-6-16(19)20/h1-6,9-10H,7-8H2.